The maximum atomic E-state index is 13.6. The number of amides is 2. The molecule has 0 aliphatic carbocycles. The topological polar surface area (TPSA) is 59.0 Å². The summed E-state index contributed by atoms with van der Waals surface area (Å²) in [7, 11) is 1.89. The summed E-state index contributed by atoms with van der Waals surface area (Å²) in [4.78, 5) is 11.8. The number of hydrogen-bond acceptors (Lipinski definition) is 2. The van der Waals surface area contributed by atoms with Crippen molar-refractivity contribution in [1.29, 1.82) is 0 Å². The Morgan fingerprint density at radius 3 is 2.73 bits per heavy atom. The van der Waals surface area contributed by atoms with Crippen LogP contribution in [0, 0.1) is 19.7 Å². The van der Waals surface area contributed by atoms with Gasteiger partial charge in [-0.1, -0.05) is 15.9 Å². The summed E-state index contributed by atoms with van der Waals surface area (Å²) in [6.45, 7) is 4.39. The third kappa shape index (κ3) is 3.85. The average Bonchev–Trinajstić information content (AvgIpc) is 2.68. The van der Waals surface area contributed by atoms with Gasteiger partial charge in [-0.3, -0.25) is 4.68 Å². The lowest BCUT2D eigenvalue weighted by Gasteiger charge is -2.09. The van der Waals surface area contributed by atoms with E-state index in [1.165, 1.54) is 12.1 Å². The highest BCUT2D eigenvalue weighted by Gasteiger charge is 2.10. The molecular formula is C15H18BrFN4O. The number of anilines is 1. The molecule has 2 N–H and O–H groups in total. The van der Waals surface area contributed by atoms with Gasteiger partial charge in [-0.2, -0.15) is 5.10 Å². The minimum Gasteiger partial charge on any atom is -0.338 e. The number of aromatic nitrogens is 2. The van der Waals surface area contributed by atoms with E-state index in [0.717, 1.165) is 17.0 Å². The van der Waals surface area contributed by atoms with Gasteiger partial charge in [0.25, 0.3) is 0 Å². The van der Waals surface area contributed by atoms with Crippen LogP contribution in [0.2, 0.25) is 0 Å². The second-order valence-corrected chi connectivity index (χ2v) is 5.94. The molecule has 2 aromatic rings. The van der Waals surface area contributed by atoms with Gasteiger partial charge in [-0.05, 0) is 44.0 Å². The first kappa shape index (κ1) is 16.5. The van der Waals surface area contributed by atoms with E-state index in [0.29, 0.717) is 17.4 Å². The van der Waals surface area contributed by atoms with Crippen molar-refractivity contribution in [3.05, 3.63) is 45.4 Å². The maximum Gasteiger partial charge on any atom is 0.319 e. The Morgan fingerprint density at radius 2 is 2.14 bits per heavy atom. The lowest BCUT2D eigenvalue weighted by atomic mass is 10.1. The monoisotopic (exact) mass is 368 g/mol. The van der Waals surface area contributed by atoms with E-state index in [2.05, 4.69) is 31.7 Å². The summed E-state index contributed by atoms with van der Waals surface area (Å²) in [5, 5.41) is 9.54. The molecule has 0 radical (unpaired) electrons. The van der Waals surface area contributed by atoms with Crippen LogP contribution in [-0.4, -0.2) is 22.4 Å². The first-order chi connectivity index (χ1) is 10.4. The summed E-state index contributed by atoms with van der Waals surface area (Å²) in [5.74, 6) is -0.483. The number of hydrogen-bond donors (Lipinski definition) is 2. The summed E-state index contributed by atoms with van der Waals surface area (Å²) < 4.78 is 16.1. The zero-order chi connectivity index (χ0) is 16.3. The zero-order valence-electron chi connectivity index (χ0n) is 12.7. The van der Waals surface area contributed by atoms with Gasteiger partial charge in [-0.15, -0.1) is 0 Å². The minimum absolute atomic E-state index is 0.148. The Morgan fingerprint density at radius 1 is 1.41 bits per heavy atom. The lowest BCUT2D eigenvalue weighted by molar-refractivity contribution is 0.252. The van der Waals surface area contributed by atoms with Gasteiger partial charge in [0.15, 0.2) is 0 Å². The van der Waals surface area contributed by atoms with Gasteiger partial charge in [0, 0.05) is 23.8 Å². The molecule has 0 bridgehead atoms. The highest BCUT2D eigenvalue weighted by Crippen LogP contribution is 2.19. The van der Waals surface area contributed by atoms with Crippen molar-refractivity contribution in [3.8, 4) is 0 Å². The van der Waals surface area contributed by atoms with E-state index in [4.69, 9.17) is 0 Å². The smallest absolute Gasteiger partial charge is 0.319 e. The molecule has 0 saturated carbocycles. The van der Waals surface area contributed by atoms with Crippen LogP contribution in [0.5, 0.6) is 0 Å². The fourth-order valence-corrected chi connectivity index (χ4v) is 2.57. The van der Waals surface area contributed by atoms with Crippen molar-refractivity contribution in [2.24, 2.45) is 7.05 Å². The molecule has 0 aliphatic rings. The number of aryl methyl sites for hydroxylation is 2. The van der Waals surface area contributed by atoms with Crippen LogP contribution in [0.25, 0.3) is 0 Å². The van der Waals surface area contributed by atoms with Gasteiger partial charge in [-0.25, -0.2) is 9.18 Å². The molecule has 0 unspecified atom stereocenters. The Kier molecular flexibility index (Phi) is 5.18. The molecule has 0 saturated heterocycles. The highest BCUT2D eigenvalue weighted by molar-refractivity contribution is 9.10. The number of benzene rings is 1. The normalized spacial score (nSPS) is 10.6. The van der Waals surface area contributed by atoms with Crippen LogP contribution in [-0.2, 0) is 13.5 Å². The number of nitrogens with one attached hydrogen (secondary N) is 2. The Bertz CT molecular complexity index is 699. The fourth-order valence-electron chi connectivity index (χ4n) is 2.24. The summed E-state index contributed by atoms with van der Waals surface area (Å²) in [5.41, 5.74) is 3.31. The molecule has 1 aromatic carbocycles. The summed E-state index contributed by atoms with van der Waals surface area (Å²) in [6, 6.07) is 4.05. The van der Waals surface area contributed by atoms with Crippen molar-refractivity contribution in [3.63, 3.8) is 0 Å². The van der Waals surface area contributed by atoms with Crippen LogP contribution >= 0.6 is 15.9 Å². The van der Waals surface area contributed by atoms with Crippen molar-refractivity contribution in [2.75, 3.05) is 11.9 Å². The zero-order valence-corrected chi connectivity index (χ0v) is 14.3. The van der Waals surface area contributed by atoms with E-state index in [1.807, 2.05) is 25.6 Å². The van der Waals surface area contributed by atoms with E-state index in [-0.39, 0.29) is 5.69 Å². The molecule has 0 atom stereocenters. The van der Waals surface area contributed by atoms with Crippen LogP contribution < -0.4 is 10.6 Å². The second kappa shape index (κ2) is 6.91. The summed E-state index contributed by atoms with van der Waals surface area (Å²) in [6.07, 6.45) is 0.682. The number of carbonyl (C=O) groups is 1. The first-order valence-corrected chi connectivity index (χ1v) is 7.66. The van der Waals surface area contributed by atoms with Gasteiger partial charge < -0.3 is 10.6 Å². The number of halogens is 2. The van der Waals surface area contributed by atoms with Crippen LogP contribution in [0.4, 0.5) is 14.9 Å². The Hall–Kier alpha value is -1.89. The molecule has 0 fully saturated rings. The molecule has 5 nitrogen and oxygen atoms in total. The number of rotatable bonds is 4. The second-order valence-electron chi connectivity index (χ2n) is 5.03. The number of nitrogens with zero attached hydrogens (tertiary/aromatic N) is 2. The average molecular weight is 369 g/mol. The van der Waals surface area contributed by atoms with Gasteiger partial charge >= 0.3 is 6.03 Å². The Labute approximate surface area is 137 Å². The van der Waals surface area contributed by atoms with E-state index < -0.39 is 11.8 Å². The molecular weight excluding hydrogens is 351 g/mol. The predicted molar refractivity (Wildman–Crippen MR) is 87.5 cm³/mol. The lowest BCUT2D eigenvalue weighted by Crippen LogP contribution is -2.30. The standard InChI is InChI=1S/C15H18BrFN4O/c1-9-12(10(2)21(3)20-9)6-7-18-15(22)19-14-5-4-11(16)8-13(14)17/h4-5,8H,6-7H2,1-3H3,(H2,18,19,22). The molecule has 0 spiro atoms. The van der Waals surface area contributed by atoms with Crippen molar-refractivity contribution < 1.29 is 9.18 Å². The van der Waals surface area contributed by atoms with Crippen molar-refractivity contribution in [2.45, 2.75) is 20.3 Å². The molecule has 7 heteroatoms. The number of carbonyl (C=O) groups excluding carboxylic acids is 1. The van der Waals surface area contributed by atoms with Crippen LogP contribution in [0.1, 0.15) is 17.0 Å². The van der Waals surface area contributed by atoms with Gasteiger partial charge in [0.1, 0.15) is 5.82 Å². The highest BCUT2D eigenvalue weighted by atomic mass is 79.9. The van der Waals surface area contributed by atoms with E-state index in [9.17, 15) is 9.18 Å². The fraction of sp³-hybridized carbons (Fsp3) is 0.333. The summed E-state index contributed by atoms with van der Waals surface area (Å²) >= 11 is 3.17. The maximum absolute atomic E-state index is 13.6. The van der Waals surface area contributed by atoms with Crippen molar-refractivity contribution in [1.82, 2.24) is 15.1 Å². The van der Waals surface area contributed by atoms with Gasteiger partial charge in [0.2, 0.25) is 0 Å². The molecule has 22 heavy (non-hydrogen) atoms. The molecule has 118 valence electrons. The molecule has 2 rings (SSSR count). The minimum atomic E-state index is -0.483. The SMILES string of the molecule is Cc1nn(C)c(C)c1CCNC(=O)Nc1ccc(Br)cc1F. The van der Waals surface area contributed by atoms with E-state index >= 15 is 0 Å². The molecule has 1 heterocycles. The Balaban J connectivity index is 1.88. The molecule has 0 aliphatic heterocycles. The third-order valence-corrected chi connectivity index (χ3v) is 3.99. The van der Waals surface area contributed by atoms with Crippen molar-refractivity contribution >= 4 is 27.6 Å². The molecule has 2 amide bonds. The van der Waals surface area contributed by atoms with Crippen LogP contribution in [0.15, 0.2) is 22.7 Å². The van der Waals surface area contributed by atoms with Crippen LogP contribution in [0.3, 0.4) is 0 Å². The van der Waals surface area contributed by atoms with Gasteiger partial charge in [0.05, 0.1) is 11.4 Å². The quantitative estimate of drug-likeness (QED) is 0.869. The third-order valence-electron chi connectivity index (χ3n) is 3.50. The largest absolute Gasteiger partial charge is 0.338 e. The number of urea groups is 1. The first-order valence-electron chi connectivity index (χ1n) is 6.87. The van der Waals surface area contributed by atoms with E-state index in [1.54, 1.807) is 6.07 Å². The molecule has 1 aromatic heterocycles. The predicted octanol–water partition coefficient (Wildman–Crippen LogP) is 3.30.